The van der Waals surface area contributed by atoms with Gasteiger partial charge < -0.3 is 39.3 Å². The van der Waals surface area contributed by atoms with Crippen molar-refractivity contribution in [2.75, 3.05) is 18.9 Å². The van der Waals surface area contributed by atoms with E-state index in [1.54, 1.807) is 27.7 Å². The molecule has 0 spiro atoms. The molecule has 0 radical (unpaired) electrons. The number of nitrogens with zero attached hydrogens (tertiary/aromatic N) is 7. The van der Waals surface area contributed by atoms with Crippen molar-refractivity contribution in [3.8, 4) is 6.01 Å². The molecule has 0 aliphatic carbocycles. The Hall–Kier alpha value is -7.19. The predicted octanol–water partition coefficient (Wildman–Crippen LogP) is 6.55. The first-order chi connectivity index (χ1) is 44.4. The van der Waals surface area contributed by atoms with Crippen LogP contribution < -0.4 is 55.5 Å². The number of halogens is 5. The summed E-state index contributed by atoms with van der Waals surface area (Å²) in [6, 6.07) is 6.41. The predicted molar refractivity (Wildman–Crippen MR) is 335 cm³/mol. The summed E-state index contributed by atoms with van der Waals surface area (Å²) in [7, 11) is 0. The lowest BCUT2D eigenvalue weighted by Crippen LogP contribution is -2.41. The van der Waals surface area contributed by atoms with Crippen molar-refractivity contribution in [3.63, 3.8) is 0 Å². The number of aromatic nitrogens is 10. The second kappa shape index (κ2) is 29.8. The normalized spacial score (nSPS) is 32.2. The van der Waals surface area contributed by atoms with E-state index in [1.165, 1.54) is 64.4 Å². The van der Waals surface area contributed by atoms with E-state index in [-0.39, 0.29) is 48.7 Å². The van der Waals surface area contributed by atoms with Crippen molar-refractivity contribution >= 4 is 5.82 Å². The number of aliphatic hydroxyl groups excluding tert-OH is 1. The largest absolute Gasteiger partial charge is 0.461 e. The maximum Gasteiger partial charge on any atom is 0.351 e. The van der Waals surface area contributed by atoms with Crippen LogP contribution in [0.15, 0.2) is 99.7 Å². The van der Waals surface area contributed by atoms with Gasteiger partial charge in [-0.2, -0.15) is 9.97 Å². The number of nitrogens with one attached hydrogen (secondary N) is 3. The van der Waals surface area contributed by atoms with E-state index in [9.17, 15) is 65.4 Å². The molecule has 11 heterocycles. The smallest absolute Gasteiger partial charge is 0.351 e. The van der Waals surface area contributed by atoms with Crippen LogP contribution in [-0.2, 0) is 23.7 Å². The third kappa shape index (κ3) is 14.1. The first kappa shape index (κ1) is 74.2. The van der Waals surface area contributed by atoms with E-state index in [0.29, 0.717) is 51.4 Å². The van der Waals surface area contributed by atoms with Crippen LogP contribution in [0.2, 0.25) is 0 Å². The number of hydrogen-bond acceptors (Lipinski definition) is 18. The van der Waals surface area contributed by atoms with Gasteiger partial charge in [-0.1, -0.05) is 90.0 Å². The summed E-state index contributed by atoms with van der Waals surface area (Å²) in [5.74, 6) is -1.54. The van der Waals surface area contributed by atoms with Gasteiger partial charge in [-0.05, 0) is 57.4 Å². The maximum absolute atomic E-state index is 14.5. The Morgan fingerprint density at radius 1 is 0.447 bits per heavy atom. The first-order valence-electron chi connectivity index (χ1n) is 32.1. The molecule has 31 heteroatoms. The molecule has 6 N–H and O–H groups in total. The number of hydrogen-bond donors (Lipinski definition) is 5. The molecule has 5 fully saturated rings. The number of alkyl halides is 5. The minimum Gasteiger partial charge on any atom is -0.461 e. The van der Waals surface area contributed by atoms with E-state index in [0.717, 1.165) is 19.8 Å². The van der Waals surface area contributed by atoms with Gasteiger partial charge in [-0.25, -0.2) is 41.1 Å². The lowest BCUT2D eigenvalue weighted by Gasteiger charge is -2.30. The molecule has 5 aromatic rings. The summed E-state index contributed by atoms with van der Waals surface area (Å²) in [5, 5.41) is 9.45. The van der Waals surface area contributed by atoms with Gasteiger partial charge in [0.05, 0.1) is 29.0 Å². The van der Waals surface area contributed by atoms with E-state index in [4.69, 9.17) is 34.2 Å². The van der Waals surface area contributed by atoms with E-state index >= 15 is 0 Å². The molecule has 11 rings (SSSR count). The standard InChI is InChI=1S/C13H20FN3O2.2C13H19FN2O3.C12H17FN2O4.C12H15FN2O3/c1-4-13(5-2)8(3)10(14)11(19-13)17-7-6-9(15)16-12(17)18;2*1-4-13(5-2)8(3)10(14)11(19-13)16-7-6-9(17)15-12(16)18;1-3-12(6-16)7(2)9(13)10(19-12)15-5-4-8(17)14-11(15)18;1-3-12-6-17-11-14-8(16)4-5-15(11)10(18-12)9(13)7(12)2/h6-8,10-11H,4-5H2,1-3H3,(H2,15,16,18);2*6-8,10-11H,4-5H2,1-3H3,(H,15,17,18);4-5,7,9-10,16H,3,6H2,1-2H3,(H,14,17,18);4-5,7,9-10H,3,6H2,1-2H3/t3*8-,10+,11+;2*7-,9+,10+,12+/m00000/s1. The molecule has 0 aromatic carbocycles. The van der Waals surface area contributed by atoms with Crippen LogP contribution in [0, 0.1) is 29.6 Å². The second-order valence-electron chi connectivity index (χ2n) is 24.9. The fourth-order valence-corrected chi connectivity index (χ4v) is 13.7. The average molecular weight is 1340 g/mol. The van der Waals surface area contributed by atoms with Crippen LogP contribution in [-0.4, -0.2) is 125 Å². The van der Waals surface area contributed by atoms with Crippen LogP contribution in [0.5, 0.6) is 6.01 Å². The Morgan fingerprint density at radius 3 is 1.09 bits per heavy atom. The van der Waals surface area contributed by atoms with Gasteiger partial charge >= 0.3 is 28.8 Å². The van der Waals surface area contributed by atoms with Crippen LogP contribution in [0.25, 0.3) is 0 Å². The number of aromatic amines is 3. The number of anilines is 1. The molecule has 6 aliphatic rings. The molecule has 6 aliphatic heterocycles. The van der Waals surface area contributed by atoms with Crippen molar-refractivity contribution < 1.29 is 55.5 Å². The fourth-order valence-electron chi connectivity index (χ4n) is 13.7. The molecule has 26 nitrogen and oxygen atoms in total. The molecular formula is C63H90F5N11O15. The zero-order valence-corrected chi connectivity index (χ0v) is 55.3. The molecule has 0 saturated carbocycles. The number of ether oxygens (including phenoxy) is 6. The Kier molecular flexibility index (Phi) is 23.6. The molecule has 0 amide bonds. The Labute approximate surface area is 538 Å². The van der Waals surface area contributed by atoms with Crippen molar-refractivity contribution in [2.45, 2.75) is 231 Å². The van der Waals surface area contributed by atoms with E-state index in [2.05, 4.69) is 24.9 Å². The summed E-state index contributed by atoms with van der Waals surface area (Å²) < 4.78 is 113. The fraction of sp³-hybridized carbons (Fsp3) is 0.683. The summed E-state index contributed by atoms with van der Waals surface area (Å²) >= 11 is 0. The third-order valence-corrected chi connectivity index (χ3v) is 20.8. The van der Waals surface area contributed by atoms with Crippen LogP contribution >= 0.6 is 0 Å². The van der Waals surface area contributed by atoms with Crippen LogP contribution in [0.3, 0.4) is 0 Å². The Morgan fingerprint density at radius 2 is 0.766 bits per heavy atom. The van der Waals surface area contributed by atoms with Gasteiger partial charge in [0.15, 0.2) is 62.0 Å². The minimum absolute atomic E-state index is 0.125. The first-order valence-corrected chi connectivity index (χ1v) is 32.1. The lowest BCUT2D eigenvalue weighted by atomic mass is 9.83. The highest BCUT2D eigenvalue weighted by Gasteiger charge is 2.58. The topological polar surface area (TPSA) is 336 Å². The van der Waals surface area contributed by atoms with Crippen LogP contribution in [0.4, 0.5) is 27.8 Å². The van der Waals surface area contributed by atoms with Gasteiger partial charge in [0.2, 0.25) is 0 Å². The molecular weight excluding hydrogens is 1250 g/mol. The average Bonchev–Trinajstić information content (AvgIpc) is 1.63. The number of H-pyrrole nitrogens is 3. The Balaban J connectivity index is 0.000000166. The summed E-state index contributed by atoms with van der Waals surface area (Å²) in [4.78, 5) is 105. The van der Waals surface area contributed by atoms with E-state index in [1.807, 2.05) is 62.3 Å². The number of nitrogens with two attached hydrogens (primary N) is 1. The van der Waals surface area contributed by atoms with Gasteiger partial charge in [-0.15, -0.1) is 0 Å². The SMILES string of the molecule is CCC1(CC)O[C@@H](n2ccc(=O)[nH]c2=O)[C@H](F)[C@@H]1C.CCC1(CC)O[C@@H](n2ccc(=O)[nH]c2=O)[C@H](F)[C@@H]1C.CCC1(CC)O[C@@H](n2ccc(N)nc2=O)[C@H](F)[C@@H]1C.CC[C@]1(CO)O[C@@H](n2ccc(=O)[nH]c2=O)[C@H](F)[C@@H]1C.CC[C@]12COc3nc(=O)ccn3[C@H](O1)[C@H](F)[C@@H]2C. The zero-order chi connectivity index (χ0) is 69.7. The summed E-state index contributed by atoms with van der Waals surface area (Å²) in [6.07, 6.45) is 0.808. The summed E-state index contributed by atoms with van der Waals surface area (Å²) in [5.41, 5.74) is -2.38. The summed E-state index contributed by atoms with van der Waals surface area (Å²) in [6.45, 7) is 24.3. The highest BCUT2D eigenvalue weighted by Crippen LogP contribution is 2.51. The lowest BCUT2D eigenvalue weighted by molar-refractivity contribution is -0.115. The zero-order valence-electron chi connectivity index (χ0n) is 55.3. The van der Waals surface area contributed by atoms with Crippen molar-refractivity contribution in [3.05, 3.63) is 145 Å². The van der Waals surface area contributed by atoms with Crippen molar-refractivity contribution in [1.29, 1.82) is 0 Å². The molecule has 17 atom stereocenters. The molecule has 5 saturated heterocycles. The molecule has 5 aromatic heterocycles. The van der Waals surface area contributed by atoms with Gasteiger partial charge in [0, 0.05) is 84.8 Å². The number of rotatable bonds is 13. The van der Waals surface area contributed by atoms with E-state index < -0.39 is 141 Å². The van der Waals surface area contributed by atoms with Crippen LogP contribution in [0.1, 0.15) is 173 Å². The number of fused-ring (bicyclic) bond motifs is 4. The van der Waals surface area contributed by atoms with Crippen molar-refractivity contribution in [2.24, 2.45) is 29.6 Å². The molecule has 2 bridgehead atoms. The van der Waals surface area contributed by atoms with Gasteiger partial charge in [0.25, 0.3) is 22.2 Å². The Bertz CT molecular complexity index is 3640. The molecule has 94 heavy (non-hydrogen) atoms. The second-order valence-corrected chi connectivity index (χ2v) is 24.9. The molecule has 0 unspecified atom stereocenters. The van der Waals surface area contributed by atoms with Gasteiger partial charge in [-0.3, -0.25) is 57.0 Å². The minimum atomic E-state index is -1.43. The highest BCUT2D eigenvalue weighted by molar-refractivity contribution is 5.24. The van der Waals surface area contributed by atoms with Crippen molar-refractivity contribution in [1.82, 2.24) is 47.8 Å². The monoisotopic (exact) mass is 1340 g/mol. The highest BCUT2D eigenvalue weighted by atomic mass is 19.2. The molecule has 522 valence electrons. The quantitative estimate of drug-likeness (QED) is 0.0780. The third-order valence-electron chi connectivity index (χ3n) is 20.8. The maximum atomic E-state index is 14.5. The number of nitrogen functional groups attached to an aromatic ring is 1. The number of aliphatic hydroxyl groups is 1. The van der Waals surface area contributed by atoms with Gasteiger partial charge in [0.1, 0.15) is 18.0 Å².